The second-order valence-electron chi connectivity index (χ2n) is 5.69. The first-order valence-corrected chi connectivity index (χ1v) is 9.30. The molecule has 0 aromatic carbocycles. The van der Waals surface area contributed by atoms with Crippen molar-refractivity contribution >= 4 is 33.0 Å². The van der Waals surface area contributed by atoms with Crippen molar-refractivity contribution in [1.82, 2.24) is 0 Å². The molecular weight excluding hydrogens is 295 g/mol. The van der Waals surface area contributed by atoms with E-state index in [2.05, 4.69) is 0 Å². The van der Waals surface area contributed by atoms with Crippen LogP contribution >= 0.6 is 23.2 Å². The summed E-state index contributed by atoms with van der Waals surface area (Å²) in [5.74, 6) is 1.93. The van der Waals surface area contributed by atoms with Gasteiger partial charge in [0.25, 0.3) is 0 Å². The third-order valence-electron chi connectivity index (χ3n) is 4.07. The van der Waals surface area contributed by atoms with Crippen LogP contribution in [0, 0.1) is 17.3 Å². The molecule has 0 aromatic heterocycles. The van der Waals surface area contributed by atoms with E-state index in [0.717, 1.165) is 6.61 Å². The van der Waals surface area contributed by atoms with Crippen LogP contribution in [0.1, 0.15) is 19.3 Å². The minimum Gasteiger partial charge on any atom is -0.380 e. The second-order valence-corrected chi connectivity index (χ2v) is 8.45. The smallest absolute Gasteiger partial charge is 0.150 e. The molecule has 1 heterocycles. The average Bonchev–Trinajstić information content (AvgIpc) is 3.09. The van der Waals surface area contributed by atoms with E-state index >= 15 is 0 Å². The molecule has 106 valence electrons. The summed E-state index contributed by atoms with van der Waals surface area (Å²) >= 11 is 12.1. The molecule has 2 fully saturated rings. The highest BCUT2D eigenvalue weighted by atomic mass is 35.5. The molecule has 1 unspecified atom stereocenters. The molecule has 1 aliphatic carbocycles. The fraction of sp³-hybridized carbons (Fsp3) is 1.00. The van der Waals surface area contributed by atoms with Gasteiger partial charge < -0.3 is 4.74 Å². The van der Waals surface area contributed by atoms with Gasteiger partial charge in [0, 0.05) is 23.8 Å². The monoisotopic (exact) mass is 314 g/mol. The molecule has 0 aromatic rings. The first-order chi connectivity index (χ1) is 8.51. The summed E-state index contributed by atoms with van der Waals surface area (Å²) in [7, 11) is -2.90. The van der Waals surface area contributed by atoms with Crippen LogP contribution in [0.25, 0.3) is 0 Å². The zero-order chi connectivity index (χ0) is 13.2. The first-order valence-electron chi connectivity index (χ1n) is 6.41. The van der Waals surface area contributed by atoms with E-state index in [4.69, 9.17) is 27.9 Å². The lowest BCUT2D eigenvalue weighted by Gasteiger charge is -2.34. The van der Waals surface area contributed by atoms with Gasteiger partial charge in [-0.1, -0.05) is 0 Å². The Bertz CT molecular complexity index is 375. The molecule has 0 amide bonds. The molecule has 1 atom stereocenters. The minimum atomic E-state index is -2.90. The zero-order valence-corrected chi connectivity index (χ0v) is 12.7. The molecule has 1 aliphatic heterocycles. The molecule has 0 N–H and O–H groups in total. The number of alkyl halides is 2. The molecule has 2 rings (SSSR count). The van der Waals surface area contributed by atoms with Crippen molar-refractivity contribution in [3.63, 3.8) is 0 Å². The average molecular weight is 315 g/mol. The normalized spacial score (nSPS) is 27.6. The van der Waals surface area contributed by atoms with Gasteiger partial charge in [0.1, 0.15) is 0 Å². The number of ether oxygens (including phenoxy) is 1. The SMILES string of the molecule is O=S1(=O)CCC(C(CCl)(CCl)COCC2CC2)C1. The summed E-state index contributed by atoms with van der Waals surface area (Å²) in [4.78, 5) is 0. The highest BCUT2D eigenvalue weighted by Crippen LogP contribution is 2.39. The molecule has 0 bridgehead atoms. The molecular formula is C12H20Cl2O3S. The van der Waals surface area contributed by atoms with Crippen LogP contribution in [-0.4, -0.2) is 44.9 Å². The lowest BCUT2D eigenvalue weighted by atomic mass is 9.79. The molecule has 3 nitrogen and oxygen atoms in total. The zero-order valence-electron chi connectivity index (χ0n) is 10.4. The van der Waals surface area contributed by atoms with Gasteiger partial charge in [-0.2, -0.15) is 0 Å². The lowest BCUT2D eigenvalue weighted by molar-refractivity contribution is 0.0337. The highest BCUT2D eigenvalue weighted by molar-refractivity contribution is 7.91. The standard InChI is InChI=1S/C12H20Cl2O3S/c13-7-12(8-14,9-17-5-10-1-2-10)11-3-4-18(15,16)6-11/h10-11H,1-9H2. The Hall–Kier alpha value is 0.490. The maximum absolute atomic E-state index is 11.6. The Kier molecular flexibility index (Phi) is 4.85. The second kappa shape index (κ2) is 5.86. The molecule has 18 heavy (non-hydrogen) atoms. The van der Waals surface area contributed by atoms with E-state index in [1.165, 1.54) is 12.8 Å². The van der Waals surface area contributed by atoms with Crippen LogP contribution < -0.4 is 0 Å². The van der Waals surface area contributed by atoms with Crippen molar-refractivity contribution in [2.24, 2.45) is 17.3 Å². The van der Waals surface area contributed by atoms with E-state index in [0.29, 0.717) is 30.7 Å². The maximum Gasteiger partial charge on any atom is 0.150 e. The topological polar surface area (TPSA) is 43.4 Å². The number of hydrogen-bond acceptors (Lipinski definition) is 3. The third-order valence-corrected chi connectivity index (χ3v) is 6.90. The first kappa shape index (κ1) is 14.9. The fourth-order valence-corrected chi connectivity index (χ4v) is 5.26. The highest BCUT2D eigenvalue weighted by Gasteiger charge is 2.44. The van der Waals surface area contributed by atoms with E-state index < -0.39 is 9.84 Å². The van der Waals surface area contributed by atoms with Gasteiger partial charge in [-0.05, 0) is 31.1 Å². The Morgan fingerprint density at radius 1 is 1.17 bits per heavy atom. The van der Waals surface area contributed by atoms with Crippen LogP contribution in [-0.2, 0) is 14.6 Å². The third kappa shape index (κ3) is 3.53. The van der Waals surface area contributed by atoms with E-state index in [9.17, 15) is 8.42 Å². The lowest BCUT2D eigenvalue weighted by Crippen LogP contribution is -2.40. The number of sulfone groups is 1. The van der Waals surface area contributed by atoms with E-state index in [-0.39, 0.29) is 22.8 Å². The summed E-state index contributed by atoms with van der Waals surface area (Å²) in [5.41, 5.74) is -0.387. The van der Waals surface area contributed by atoms with Crippen molar-refractivity contribution in [2.75, 3.05) is 36.5 Å². The Morgan fingerprint density at radius 2 is 1.83 bits per heavy atom. The summed E-state index contributed by atoms with van der Waals surface area (Å²) in [6.45, 7) is 1.24. The van der Waals surface area contributed by atoms with Crippen molar-refractivity contribution in [2.45, 2.75) is 19.3 Å². The Morgan fingerprint density at radius 3 is 2.28 bits per heavy atom. The number of hydrogen-bond donors (Lipinski definition) is 0. The van der Waals surface area contributed by atoms with Crippen LogP contribution in [0.5, 0.6) is 0 Å². The van der Waals surface area contributed by atoms with E-state index in [1.807, 2.05) is 0 Å². The summed E-state index contributed by atoms with van der Waals surface area (Å²) in [6, 6.07) is 0. The molecule has 0 radical (unpaired) electrons. The molecule has 1 saturated heterocycles. The Balaban J connectivity index is 1.95. The van der Waals surface area contributed by atoms with Crippen LogP contribution in [0.4, 0.5) is 0 Å². The molecule has 6 heteroatoms. The summed E-state index contributed by atoms with van der Waals surface area (Å²) in [6.07, 6.45) is 3.15. The van der Waals surface area contributed by atoms with Crippen LogP contribution in [0.15, 0.2) is 0 Å². The van der Waals surface area contributed by atoms with Gasteiger partial charge in [-0.15, -0.1) is 23.2 Å². The molecule has 0 spiro atoms. The van der Waals surface area contributed by atoms with Gasteiger partial charge >= 0.3 is 0 Å². The van der Waals surface area contributed by atoms with Crippen LogP contribution in [0.3, 0.4) is 0 Å². The number of rotatable bonds is 7. The summed E-state index contributed by atoms with van der Waals surface area (Å²) < 4.78 is 28.9. The summed E-state index contributed by atoms with van der Waals surface area (Å²) in [5, 5.41) is 0. The molecule has 1 saturated carbocycles. The minimum absolute atomic E-state index is 0.0386. The van der Waals surface area contributed by atoms with Crippen LogP contribution in [0.2, 0.25) is 0 Å². The largest absolute Gasteiger partial charge is 0.380 e. The van der Waals surface area contributed by atoms with Gasteiger partial charge in [0.05, 0.1) is 18.1 Å². The predicted octanol–water partition coefficient (Wildman–Crippen LogP) is 2.31. The fourth-order valence-electron chi connectivity index (χ4n) is 2.44. The maximum atomic E-state index is 11.6. The van der Waals surface area contributed by atoms with Crippen molar-refractivity contribution in [1.29, 1.82) is 0 Å². The van der Waals surface area contributed by atoms with Crippen molar-refractivity contribution in [3.05, 3.63) is 0 Å². The molecule has 2 aliphatic rings. The predicted molar refractivity (Wildman–Crippen MR) is 74.2 cm³/mol. The van der Waals surface area contributed by atoms with Crippen molar-refractivity contribution < 1.29 is 13.2 Å². The number of halogens is 2. The quantitative estimate of drug-likeness (QED) is 0.677. The Labute approximate surface area is 119 Å². The van der Waals surface area contributed by atoms with Gasteiger partial charge in [-0.3, -0.25) is 0 Å². The van der Waals surface area contributed by atoms with Gasteiger partial charge in [-0.25, -0.2) is 8.42 Å². The van der Waals surface area contributed by atoms with Gasteiger partial charge in [0.2, 0.25) is 0 Å². The van der Waals surface area contributed by atoms with Gasteiger partial charge in [0.15, 0.2) is 9.84 Å². The van der Waals surface area contributed by atoms with Crippen molar-refractivity contribution in [3.8, 4) is 0 Å². The van der Waals surface area contributed by atoms with E-state index in [1.54, 1.807) is 0 Å².